The summed E-state index contributed by atoms with van der Waals surface area (Å²) in [5, 5.41) is 9.61. The number of halogens is 2. The van der Waals surface area contributed by atoms with Gasteiger partial charge < -0.3 is 10.8 Å². The molecule has 5 heteroatoms. The number of carboxylic acid groups (broad SMARTS) is 1. The summed E-state index contributed by atoms with van der Waals surface area (Å²) in [5.41, 5.74) is 6.27. The molecule has 0 aromatic heterocycles. The van der Waals surface area contributed by atoms with E-state index in [2.05, 4.69) is 0 Å². The van der Waals surface area contributed by atoms with Gasteiger partial charge in [0.1, 0.15) is 0 Å². The predicted octanol–water partition coefficient (Wildman–Crippen LogP) is 2.71. The third-order valence-corrected chi connectivity index (χ3v) is 2.92. The van der Waals surface area contributed by atoms with Crippen molar-refractivity contribution in [2.24, 2.45) is 11.7 Å². The Bertz CT molecular complexity index is 361. The molecule has 0 aliphatic carbocycles. The second kappa shape index (κ2) is 4.84. The van der Waals surface area contributed by atoms with Gasteiger partial charge in [0.25, 0.3) is 0 Å². The highest BCUT2D eigenvalue weighted by molar-refractivity contribution is 6.36. The number of carboxylic acids is 1. The van der Waals surface area contributed by atoms with E-state index in [1.54, 1.807) is 18.2 Å². The van der Waals surface area contributed by atoms with E-state index in [0.29, 0.717) is 15.6 Å². The molecule has 0 aliphatic rings. The van der Waals surface area contributed by atoms with Gasteiger partial charge in [0.05, 0.1) is 5.92 Å². The highest BCUT2D eigenvalue weighted by atomic mass is 35.5. The second-order valence-corrected chi connectivity index (χ2v) is 4.10. The Labute approximate surface area is 97.8 Å². The van der Waals surface area contributed by atoms with Crippen LogP contribution >= 0.6 is 23.2 Å². The molecule has 15 heavy (non-hydrogen) atoms. The molecule has 0 spiro atoms. The zero-order valence-electron chi connectivity index (χ0n) is 8.08. The highest BCUT2D eigenvalue weighted by Gasteiger charge is 2.25. The van der Waals surface area contributed by atoms with Gasteiger partial charge in [0, 0.05) is 21.7 Å². The first-order valence-electron chi connectivity index (χ1n) is 4.37. The number of carbonyl (C=O) groups is 1. The van der Waals surface area contributed by atoms with Gasteiger partial charge in [0.15, 0.2) is 0 Å². The number of hydrogen-bond acceptors (Lipinski definition) is 2. The summed E-state index contributed by atoms with van der Waals surface area (Å²) in [6.07, 6.45) is 0. The standard InChI is InChI=1S/C10H11Cl2NO2/c1-5(10(14)15)9(13)8-6(11)3-2-4-7(8)12/h2-5,9H,13H2,1H3,(H,14,15). The zero-order valence-corrected chi connectivity index (χ0v) is 9.59. The van der Waals surface area contributed by atoms with Crippen molar-refractivity contribution >= 4 is 29.2 Å². The van der Waals surface area contributed by atoms with E-state index >= 15 is 0 Å². The lowest BCUT2D eigenvalue weighted by Gasteiger charge is -2.18. The van der Waals surface area contributed by atoms with Crippen LogP contribution in [0.2, 0.25) is 10.0 Å². The van der Waals surface area contributed by atoms with Crippen molar-refractivity contribution in [3.8, 4) is 0 Å². The van der Waals surface area contributed by atoms with Gasteiger partial charge in [-0.25, -0.2) is 0 Å². The predicted molar refractivity (Wildman–Crippen MR) is 60.2 cm³/mol. The Morgan fingerprint density at radius 1 is 1.40 bits per heavy atom. The van der Waals surface area contributed by atoms with E-state index in [0.717, 1.165) is 0 Å². The maximum absolute atomic E-state index is 10.8. The van der Waals surface area contributed by atoms with Crippen molar-refractivity contribution in [1.82, 2.24) is 0 Å². The Morgan fingerprint density at radius 2 is 1.87 bits per heavy atom. The van der Waals surface area contributed by atoms with Crippen LogP contribution in [0.25, 0.3) is 0 Å². The Balaban J connectivity index is 3.10. The van der Waals surface area contributed by atoms with Crippen LogP contribution in [-0.4, -0.2) is 11.1 Å². The van der Waals surface area contributed by atoms with Crippen LogP contribution in [0.1, 0.15) is 18.5 Å². The molecule has 1 aromatic carbocycles. The van der Waals surface area contributed by atoms with Crippen molar-refractivity contribution in [2.45, 2.75) is 13.0 Å². The number of hydrogen-bond donors (Lipinski definition) is 2. The lowest BCUT2D eigenvalue weighted by Crippen LogP contribution is -2.26. The van der Waals surface area contributed by atoms with Crippen molar-refractivity contribution in [2.75, 3.05) is 0 Å². The lowest BCUT2D eigenvalue weighted by atomic mass is 9.95. The summed E-state index contributed by atoms with van der Waals surface area (Å²) in [7, 11) is 0. The minimum absolute atomic E-state index is 0.392. The molecule has 0 saturated carbocycles. The van der Waals surface area contributed by atoms with Gasteiger partial charge in [-0.2, -0.15) is 0 Å². The zero-order chi connectivity index (χ0) is 11.6. The molecule has 0 radical (unpaired) electrons. The molecule has 2 unspecified atom stereocenters. The largest absolute Gasteiger partial charge is 0.481 e. The Hall–Kier alpha value is -0.770. The molecule has 0 aliphatic heterocycles. The van der Waals surface area contributed by atoms with Gasteiger partial charge in [-0.3, -0.25) is 4.79 Å². The van der Waals surface area contributed by atoms with E-state index in [1.807, 2.05) is 0 Å². The van der Waals surface area contributed by atoms with Crippen LogP contribution < -0.4 is 5.73 Å². The van der Waals surface area contributed by atoms with Crippen molar-refractivity contribution in [1.29, 1.82) is 0 Å². The summed E-state index contributed by atoms with van der Waals surface area (Å²) in [6.45, 7) is 1.52. The minimum Gasteiger partial charge on any atom is -0.481 e. The van der Waals surface area contributed by atoms with E-state index in [9.17, 15) is 4.79 Å². The van der Waals surface area contributed by atoms with Crippen LogP contribution in [0.5, 0.6) is 0 Å². The molecule has 0 saturated heterocycles. The van der Waals surface area contributed by atoms with Gasteiger partial charge in [-0.1, -0.05) is 36.2 Å². The molecule has 0 bridgehead atoms. The summed E-state index contributed by atoms with van der Waals surface area (Å²) in [4.78, 5) is 10.8. The molecule has 2 atom stereocenters. The van der Waals surface area contributed by atoms with Gasteiger partial charge >= 0.3 is 5.97 Å². The smallest absolute Gasteiger partial charge is 0.308 e. The lowest BCUT2D eigenvalue weighted by molar-refractivity contribution is -0.141. The first kappa shape index (κ1) is 12.3. The summed E-state index contributed by atoms with van der Waals surface area (Å²) in [6, 6.07) is 4.25. The van der Waals surface area contributed by atoms with Crippen molar-refractivity contribution in [3.63, 3.8) is 0 Å². The van der Waals surface area contributed by atoms with E-state index in [-0.39, 0.29) is 0 Å². The van der Waals surface area contributed by atoms with Crippen LogP contribution in [0.15, 0.2) is 18.2 Å². The maximum atomic E-state index is 10.8. The molecule has 82 valence electrons. The summed E-state index contributed by atoms with van der Waals surface area (Å²) in [5.74, 6) is -1.71. The first-order valence-corrected chi connectivity index (χ1v) is 5.13. The van der Waals surface area contributed by atoms with Crippen LogP contribution in [-0.2, 0) is 4.79 Å². The highest BCUT2D eigenvalue weighted by Crippen LogP contribution is 2.32. The molecule has 3 N–H and O–H groups in total. The van der Waals surface area contributed by atoms with Crippen molar-refractivity contribution < 1.29 is 9.90 Å². The molecule has 0 fully saturated rings. The fraction of sp³-hybridized carbons (Fsp3) is 0.300. The quantitative estimate of drug-likeness (QED) is 0.864. The molecule has 0 amide bonds. The maximum Gasteiger partial charge on any atom is 0.308 e. The molecular formula is C10H11Cl2NO2. The third kappa shape index (κ3) is 2.62. The monoisotopic (exact) mass is 247 g/mol. The molecule has 0 heterocycles. The Morgan fingerprint density at radius 3 is 2.27 bits per heavy atom. The fourth-order valence-corrected chi connectivity index (χ4v) is 1.88. The van der Waals surface area contributed by atoms with Crippen LogP contribution in [0.4, 0.5) is 0 Å². The molecule has 1 rings (SSSR count). The molecule has 1 aromatic rings. The fourth-order valence-electron chi connectivity index (χ4n) is 1.23. The van der Waals surface area contributed by atoms with Crippen LogP contribution in [0, 0.1) is 5.92 Å². The second-order valence-electron chi connectivity index (χ2n) is 3.29. The first-order chi connectivity index (χ1) is 6.95. The number of rotatable bonds is 3. The molecule has 3 nitrogen and oxygen atoms in total. The van der Waals surface area contributed by atoms with Crippen molar-refractivity contribution in [3.05, 3.63) is 33.8 Å². The van der Waals surface area contributed by atoms with Gasteiger partial charge in [-0.05, 0) is 12.1 Å². The number of aliphatic carboxylic acids is 1. The molecular weight excluding hydrogens is 237 g/mol. The average molecular weight is 248 g/mol. The topological polar surface area (TPSA) is 63.3 Å². The van der Waals surface area contributed by atoms with Crippen LogP contribution in [0.3, 0.4) is 0 Å². The SMILES string of the molecule is CC(C(=O)O)C(N)c1c(Cl)cccc1Cl. The Kier molecular flexibility index (Phi) is 3.97. The average Bonchev–Trinajstić information content (AvgIpc) is 2.15. The third-order valence-electron chi connectivity index (χ3n) is 2.26. The van der Waals surface area contributed by atoms with Gasteiger partial charge in [0.2, 0.25) is 0 Å². The van der Waals surface area contributed by atoms with E-state index < -0.39 is 17.9 Å². The summed E-state index contributed by atoms with van der Waals surface area (Å²) < 4.78 is 0. The van der Waals surface area contributed by atoms with Gasteiger partial charge in [-0.15, -0.1) is 0 Å². The normalized spacial score (nSPS) is 14.7. The number of nitrogens with two attached hydrogens (primary N) is 1. The minimum atomic E-state index is -0.974. The van der Waals surface area contributed by atoms with E-state index in [4.69, 9.17) is 34.0 Å². The number of benzene rings is 1. The van der Waals surface area contributed by atoms with E-state index in [1.165, 1.54) is 6.92 Å². The summed E-state index contributed by atoms with van der Waals surface area (Å²) >= 11 is 11.8.